The molecule has 42 heavy (non-hydrogen) atoms. The van der Waals surface area contributed by atoms with E-state index in [1.807, 2.05) is 104 Å². The van der Waals surface area contributed by atoms with Gasteiger partial charge in [0.15, 0.2) is 0 Å². The van der Waals surface area contributed by atoms with Crippen LogP contribution in [0.4, 0.5) is 9.59 Å². The fourth-order valence-corrected chi connectivity index (χ4v) is 4.61. The van der Waals surface area contributed by atoms with E-state index in [0.29, 0.717) is 5.75 Å². The summed E-state index contributed by atoms with van der Waals surface area (Å²) in [4.78, 5) is 26.8. The second-order valence-corrected chi connectivity index (χ2v) is 12.2. The smallest absolute Gasteiger partial charge is 0.430 e. The molecule has 0 bridgehead atoms. The second-order valence-electron chi connectivity index (χ2n) is 12.2. The van der Waals surface area contributed by atoms with Gasteiger partial charge in [0.05, 0.1) is 0 Å². The van der Waals surface area contributed by atoms with Crippen LogP contribution in [0, 0.1) is 6.92 Å². The highest BCUT2D eigenvalue weighted by Gasteiger charge is 2.40. The summed E-state index contributed by atoms with van der Waals surface area (Å²) in [6.45, 7) is 12.6. The summed E-state index contributed by atoms with van der Waals surface area (Å²) < 4.78 is 17.9. The summed E-state index contributed by atoms with van der Waals surface area (Å²) in [5.74, 6) is 0.679. The van der Waals surface area contributed by atoms with Gasteiger partial charge in [-0.05, 0) is 83.4 Å². The highest BCUT2D eigenvalue weighted by atomic mass is 16.6. The van der Waals surface area contributed by atoms with E-state index in [9.17, 15) is 9.59 Å². The van der Waals surface area contributed by atoms with Gasteiger partial charge in [-0.15, -0.1) is 0 Å². The topological polar surface area (TPSA) is 77.1 Å². The molecular formula is C35H40N2O5. The van der Waals surface area contributed by atoms with E-state index in [4.69, 9.17) is 14.2 Å². The normalized spacial score (nSPS) is 16.5. The zero-order chi connectivity index (χ0) is 30.5. The number of nitrogens with zero attached hydrogens (tertiary/aromatic N) is 1. The molecule has 2 amide bonds. The Labute approximate surface area is 248 Å². The van der Waals surface area contributed by atoms with Crippen molar-refractivity contribution in [2.45, 2.75) is 71.8 Å². The lowest BCUT2D eigenvalue weighted by Gasteiger charge is -2.34. The molecule has 7 heteroatoms. The summed E-state index contributed by atoms with van der Waals surface area (Å²) >= 11 is 0. The summed E-state index contributed by atoms with van der Waals surface area (Å²) in [5, 5.41) is 1.19. The van der Waals surface area contributed by atoms with Crippen LogP contribution in [-0.2, 0) is 9.47 Å². The number of hydrogen-bond acceptors (Lipinski definition) is 5. The molecule has 4 rings (SSSR count). The van der Waals surface area contributed by atoms with E-state index >= 15 is 0 Å². The monoisotopic (exact) mass is 568 g/mol. The predicted molar refractivity (Wildman–Crippen MR) is 165 cm³/mol. The molecule has 1 aliphatic carbocycles. The number of aryl methyl sites for hydroxylation is 1. The van der Waals surface area contributed by atoms with Gasteiger partial charge in [-0.1, -0.05) is 84.4 Å². The number of amides is 2. The lowest BCUT2D eigenvalue weighted by Crippen LogP contribution is -2.54. The molecule has 0 fully saturated rings. The number of hydrogen-bond donors (Lipinski definition) is 1. The van der Waals surface area contributed by atoms with Gasteiger partial charge < -0.3 is 14.2 Å². The Morgan fingerprint density at radius 1 is 0.714 bits per heavy atom. The molecule has 7 nitrogen and oxygen atoms in total. The van der Waals surface area contributed by atoms with Gasteiger partial charge in [0.25, 0.3) is 0 Å². The molecule has 0 heterocycles. The highest BCUT2D eigenvalue weighted by Crippen LogP contribution is 2.37. The minimum absolute atomic E-state index is 0.557. The largest absolute Gasteiger partial charge is 0.482 e. The Balaban J connectivity index is 1.90. The summed E-state index contributed by atoms with van der Waals surface area (Å²) in [6, 6.07) is 26.9. The summed E-state index contributed by atoms with van der Waals surface area (Å²) in [5.41, 5.74) is 5.72. The van der Waals surface area contributed by atoms with Crippen LogP contribution in [0.2, 0.25) is 0 Å². The molecule has 0 aromatic heterocycles. The van der Waals surface area contributed by atoms with Crippen molar-refractivity contribution >= 4 is 17.8 Å². The van der Waals surface area contributed by atoms with Crippen LogP contribution >= 0.6 is 0 Å². The second kappa shape index (κ2) is 12.6. The third-order valence-corrected chi connectivity index (χ3v) is 6.27. The van der Waals surface area contributed by atoms with Gasteiger partial charge in [0.1, 0.15) is 29.1 Å². The molecule has 3 aromatic carbocycles. The minimum atomic E-state index is -0.809. The number of benzene rings is 3. The average molecular weight is 569 g/mol. The molecule has 0 unspecified atom stereocenters. The number of carbonyl (C=O) groups excluding carboxylic acids is 2. The Hall–Kier alpha value is -4.52. The Bertz CT molecular complexity index is 1390. The fourth-order valence-electron chi connectivity index (χ4n) is 4.61. The zero-order valence-electron chi connectivity index (χ0n) is 25.4. The Kier molecular flexibility index (Phi) is 9.10. The standard InChI is InChI=1S/C35H40N2O5/c1-24-18-20-27(21-19-24)40-29-23-22-28(37(33(39)42-35(5,6)7)36-32(38)41-34(2,3)4)31(29)30(25-14-10-8-11-15-25)26-16-12-9-13-17-26/h8-23,28-29H,1-7H3,(H,36,38)/t28-,29+/m0/s1. The quantitative estimate of drug-likeness (QED) is 0.250. The van der Waals surface area contributed by atoms with Crippen LogP contribution in [0.1, 0.15) is 58.2 Å². The van der Waals surface area contributed by atoms with Gasteiger partial charge in [-0.25, -0.2) is 20.0 Å². The minimum Gasteiger partial charge on any atom is -0.482 e. The first kappa shape index (κ1) is 30.4. The van der Waals surface area contributed by atoms with Crippen LogP contribution in [0.15, 0.2) is 103 Å². The third-order valence-electron chi connectivity index (χ3n) is 6.27. The van der Waals surface area contributed by atoms with Gasteiger partial charge in [-0.2, -0.15) is 0 Å². The third kappa shape index (κ3) is 8.03. The van der Waals surface area contributed by atoms with E-state index in [0.717, 1.165) is 27.8 Å². The van der Waals surface area contributed by atoms with Crippen molar-refractivity contribution < 1.29 is 23.8 Å². The molecule has 1 N–H and O–H groups in total. The molecule has 2 atom stereocenters. The van der Waals surface area contributed by atoms with Crippen molar-refractivity contribution in [3.63, 3.8) is 0 Å². The average Bonchev–Trinajstić information content (AvgIpc) is 3.30. The van der Waals surface area contributed by atoms with E-state index in [1.54, 1.807) is 41.5 Å². The maximum absolute atomic E-state index is 13.7. The van der Waals surface area contributed by atoms with Gasteiger partial charge in [0, 0.05) is 5.57 Å². The number of ether oxygens (including phenoxy) is 3. The number of hydrazine groups is 1. The zero-order valence-corrected chi connectivity index (χ0v) is 25.4. The van der Waals surface area contributed by atoms with Gasteiger partial charge in [-0.3, -0.25) is 0 Å². The predicted octanol–water partition coefficient (Wildman–Crippen LogP) is 7.86. The SMILES string of the molecule is Cc1ccc(O[C@@H]2C=C[C@H](N(NC(=O)OC(C)(C)C)C(=O)OC(C)(C)C)C2=C(c2ccccc2)c2ccccc2)cc1. The molecule has 3 aromatic rings. The lowest BCUT2D eigenvalue weighted by molar-refractivity contribution is -0.00226. The van der Waals surface area contributed by atoms with Crippen molar-refractivity contribution in [1.29, 1.82) is 0 Å². The molecule has 0 saturated heterocycles. The van der Waals surface area contributed by atoms with E-state index < -0.39 is 35.5 Å². The van der Waals surface area contributed by atoms with Crippen molar-refractivity contribution in [3.05, 3.63) is 119 Å². The Morgan fingerprint density at radius 3 is 1.74 bits per heavy atom. The van der Waals surface area contributed by atoms with Crippen LogP contribution in [0.3, 0.4) is 0 Å². The summed E-state index contributed by atoms with van der Waals surface area (Å²) in [6.07, 6.45) is 1.70. The molecular weight excluding hydrogens is 528 g/mol. The molecule has 1 aliphatic rings. The number of carbonyl (C=O) groups is 2. The number of rotatable bonds is 5. The molecule has 0 aliphatic heterocycles. The van der Waals surface area contributed by atoms with E-state index in [2.05, 4.69) is 5.43 Å². The molecule has 0 saturated carbocycles. The highest BCUT2D eigenvalue weighted by molar-refractivity contribution is 5.86. The van der Waals surface area contributed by atoms with Crippen molar-refractivity contribution in [2.75, 3.05) is 0 Å². The van der Waals surface area contributed by atoms with Crippen LogP contribution < -0.4 is 10.2 Å². The van der Waals surface area contributed by atoms with E-state index in [-0.39, 0.29) is 0 Å². The first-order valence-electron chi connectivity index (χ1n) is 14.1. The molecule has 220 valence electrons. The number of nitrogens with one attached hydrogen (secondary N) is 1. The summed E-state index contributed by atoms with van der Waals surface area (Å²) in [7, 11) is 0. The van der Waals surface area contributed by atoms with E-state index in [1.165, 1.54) is 5.01 Å². The van der Waals surface area contributed by atoms with Gasteiger partial charge in [0.2, 0.25) is 0 Å². The lowest BCUT2D eigenvalue weighted by atomic mass is 9.89. The Morgan fingerprint density at radius 2 is 1.24 bits per heavy atom. The maximum Gasteiger partial charge on any atom is 0.430 e. The van der Waals surface area contributed by atoms with Crippen LogP contribution in [-0.4, -0.2) is 40.5 Å². The fraction of sp³-hybridized carbons (Fsp3) is 0.314. The van der Waals surface area contributed by atoms with Crippen LogP contribution in [0.5, 0.6) is 5.75 Å². The van der Waals surface area contributed by atoms with Crippen molar-refractivity contribution in [3.8, 4) is 5.75 Å². The van der Waals surface area contributed by atoms with Crippen LogP contribution in [0.25, 0.3) is 5.57 Å². The van der Waals surface area contributed by atoms with Gasteiger partial charge >= 0.3 is 12.2 Å². The maximum atomic E-state index is 13.7. The van der Waals surface area contributed by atoms with Crippen molar-refractivity contribution in [2.24, 2.45) is 0 Å². The molecule has 0 radical (unpaired) electrons. The first-order valence-corrected chi connectivity index (χ1v) is 14.1. The molecule has 0 spiro atoms. The van der Waals surface area contributed by atoms with Crippen molar-refractivity contribution in [1.82, 2.24) is 10.4 Å². The first-order chi connectivity index (χ1) is 19.8.